The van der Waals surface area contributed by atoms with Gasteiger partial charge >= 0.3 is 0 Å². The van der Waals surface area contributed by atoms with E-state index in [1.165, 1.54) is 0 Å². The summed E-state index contributed by atoms with van der Waals surface area (Å²) in [4.78, 5) is 19.6. The highest BCUT2D eigenvalue weighted by Gasteiger charge is 2.16. The van der Waals surface area contributed by atoms with Crippen molar-refractivity contribution in [1.82, 2.24) is 9.97 Å². The largest absolute Gasteiger partial charge is 0.365 e. The van der Waals surface area contributed by atoms with E-state index in [4.69, 9.17) is 5.73 Å². The molecular weight excluding hydrogens is 228 g/mol. The van der Waals surface area contributed by atoms with Crippen LogP contribution in [0.25, 0.3) is 10.9 Å². The maximum atomic E-state index is 11.2. The van der Waals surface area contributed by atoms with Crippen LogP contribution in [-0.2, 0) is 0 Å². The molecule has 5 nitrogen and oxygen atoms in total. The summed E-state index contributed by atoms with van der Waals surface area (Å²) >= 11 is 0. The fourth-order valence-electron chi connectivity index (χ4n) is 1.64. The third-order valence-electron chi connectivity index (χ3n) is 2.32. The third kappa shape index (κ3) is 2.56. The minimum Gasteiger partial charge on any atom is -0.365 e. The molecule has 0 saturated heterocycles. The maximum absolute atomic E-state index is 11.2. The lowest BCUT2D eigenvalue weighted by atomic mass is 10.1. The molecule has 0 radical (unpaired) electrons. The molecule has 2 aromatic rings. The number of nitrogens with two attached hydrogens (primary N) is 1. The Balaban J connectivity index is 2.64. The van der Waals surface area contributed by atoms with Crippen LogP contribution in [0.2, 0.25) is 0 Å². The average Bonchev–Trinajstić information content (AvgIpc) is 2.26. The lowest BCUT2D eigenvalue weighted by Crippen LogP contribution is -2.28. The molecule has 1 heterocycles. The normalized spacial score (nSPS) is 11.5. The van der Waals surface area contributed by atoms with E-state index >= 15 is 0 Å². The molecule has 94 valence electrons. The topological polar surface area (TPSA) is 80.9 Å². The van der Waals surface area contributed by atoms with Crippen molar-refractivity contribution in [2.75, 3.05) is 5.32 Å². The standard InChI is InChI=1S/C13H16N4O/c1-13(2,3)17-11-8-6-4-5-7-9(8)15-12(16-11)10(14)18/h4-7H,1-3H3,(H2,14,18)(H,15,16,17). The van der Waals surface area contributed by atoms with Gasteiger partial charge in [0.1, 0.15) is 5.82 Å². The average molecular weight is 244 g/mol. The highest BCUT2D eigenvalue weighted by molar-refractivity contribution is 5.95. The number of nitrogens with one attached hydrogen (secondary N) is 1. The summed E-state index contributed by atoms with van der Waals surface area (Å²) in [5, 5.41) is 4.13. The number of aromatic nitrogens is 2. The summed E-state index contributed by atoms with van der Waals surface area (Å²) in [6.45, 7) is 6.06. The van der Waals surface area contributed by atoms with Gasteiger partial charge in [-0.2, -0.15) is 0 Å². The second kappa shape index (κ2) is 4.25. The fraction of sp³-hybridized carbons (Fsp3) is 0.308. The molecule has 1 aromatic heterocycles. The maximum Gasteiger partial charge on any atom is 0.286 e. The Hall–Kier alpha value is -2.17. The number of rotatable bonds is 2. The van der Waals surface area contributed by atoms with Crippen LogP contribution in [0.1, 0.15) is 31.4 Å². The molecule has 5 heteroatoms. The Bertz CT molecular complexity index is 601. The van der Waals surface area contributed by atoms with Gasteiger partial charge in [0.25, 0.3) is 5.91 Å². The van der Waals surface area contributed by atoms with Crippen LogP contribution in [0.15, 0.2) is 24.3 Å². The number of amides is 1. The third-order valence-corrected chi connectivity index (χ3v) is 2.32. The summed E-state index contributed by atoms with van der Waals surface area (Å²) < 4.78 is 0. The summed E-state index contributed by atoms with van der Waals surface area (Å²) in [5.41, 5.74) is 5.79. The van der Waals surface area contributed by atoms with Gasteiger partial charge in [-0.1, -0.05) is 12.1 Å². The van der Waals surface area contributed by atoms with Crippen LogP contribution in [0, 0.1) is 0 Å². The van der Waals surface area contributed by atoms with Crippen molar-refractivity contribution in [3.8, 4) is 0 Å². The van der Waals surface area contributed by atoms with Gasteiger partial charge in [0.2, 0.25) is 5.82 Å². The first-order chi connectivity index (χ1) is 8.37. The van der Waals surface area contributed by atoms with E-state index in [0.29, 0.717) is 11.3 Å². The molecule has 0 fully saturated rings. The van der Waals surface area contributed by atoms with Gasteiger partial charge in [-0.15, -0.1) is 0 Å². The Kier molecular flexibility index (Phi) is 2.90. The fourth-order valence-corrected chi connectivity index (χ4v) is 1.64. The molecule has 3 N–H and O–H groups in total. The minimum atomic E-state index is -0.627. The number of carbonyl (C=O) groups is 1. The van der Waals surface area contributed by atoms with Crippen LogP contribution in [0.4, 0.5) is 5.82 Å². The summed E-state index contributed by atoms with van der Waals surface area (Å²) in [6.07, 6.45) is 0. The lowest BCUT2D eigenvalue weighted by molar-refractivity contribution is 0.0991. The van der Waals surface area contributed by atoms with Crippen LogP contribution in [0.5, 0.6) is 0 Å². The van der Waals surface area contributed by atoms with Crippen LogP contribution in [0.3, 0.4) is 0 Å². The van der Waals surface area contributed by atoms with E-state index in [1.807, 2.05) is 45.0 Å². The summed E-state index contributed by atoms with van der Waals surface area (Å²) in [6, 6.07) is 7.51. The van der Waals surface area contributed by atoms with Crippen LogP contribution < -0.4 is 11.1 Å². The number of primary amides is 1. The summed E-state index contributed by atoms with van der Waals surface area (Å²) in [5.74, 6) is 0.0278. The number of benzene rings is 1. The van der Waals surface area contributed by atoms with Gasteiger partial charge in [-0.05, 0) is 32.9 Å². The number of hydrogen-bond acceptors (Lipinski definition) is 4. The molecule has 0 unspecified atom stereocenters. The molecule has 18 heavy (non-hydrogen) atoms. The van der Waals surface area contributed by atoms with E-state index in [9.17, 15) is 4.79 Å². The number of hydrogen-bond donors (Lipinski definition) is 2. The monoisotopic (exact) mass is 244 g/mol. The van der Waals surface area contributed by atoms with Gasteiger partial charge in [0.05, 0.1) is 5.52 Å². The predicted molar refractivity (Wildman–Crippen MR) is 71.4 cm³/mol. The number of fused-ring (bicyclic) bond motifs is 1. The predicted octanol–water partition coefficient (Wildman–Crippen LogP) is 1.94. The Morgan fingerprint density at radius 2 is 1.89 bits per heavy atom. The zero-order chi connectivity index (χ0) is 13.3. The van der Waals surface area contributed by atoms with Crippen molar-refractivity contribution in [2.45, 2.75) is 26.3 Å². The van der Waals surface area contributed by atoms with Gasteiger partial charge in [0, 0.05) is 10.9 Å². The van der Waals surface area contributed by atoms with Crippen LogP contribution in [-0.4, -0.2) is 21.4 Å². The van der Waals surface area contributed by atoms with Crippen molar-refractivity contribution >= 4 is 22.6 Å². The molecule has 0 spiro atoms. The molecule has 0 aliphatic rings. The molecule has 0 saturated carbocycles. The Morgan fingerprint density at radius 3 is 2.50 bits per heavy atom. The second-order valence-electron chi connectivity index (χ2n) is 5.15. The molecule has 1 amide bonds. The first kappa shape index (κ1) is 12.3. The zero-order valence-electron chi connectivity index (χ0n) is 10.7. The van der Waals surface area contributed by atoms with Crippen LogP contribution >= 0.6 is 0 Å². The molecule has 0 aliphatic carbocycles. The van der Waals surface area contributed by atoms with E-state index in [2.05, 4.69) is 15.3 Å². The van der Waals surface area contributed by atoms with Crippen molar-refractivity contribution < 1.29 is 4.79 Å². The smallest absolute Gasteiger partial charge is 0.286 e. The van der Waals surface area contributed by atoms with Crippen molar-refractivity contribution in [3.63, 3.8) is 0 Å². The Morgan fingerprint density at radius 1 is 1.22 bits per heavy atom. The van der Waals surface area contributed by atoms with Gasteiger partial charge in [0.15, 0.2) is 0 Å². The SMILES string of the molecule is CC(C)(C)Nc1nc(C(N)=O)nc2ccccc12. The van der Waals surface area contributed by atoms with E-state index in [0.717, 1.165) is 5.39 Å². The van der Waals surface area contributed by atoms with Crippen molar-refractivity contribution in [1.29, 1.82) is 0 Å². The van der Waals surface area contributed by atoms with Crippen molar-refractivity contribution in [3.05, 3.63) is 30.1 Å². The van der Waals surface area contributed by atoms with Gasteiger partial charge in [-0.25, -0.2) is 9.97 Å². The van der Waals surface area contributed by atoms with Crippen molar-refractivity contribution in [2.24, 2.45) is 5.73 Å². The molecule has 1 aromatic carbocycles. The number of anilines is 1. The molecule has 0 aliphatic heterocycles. The first-order valence-electron chi connectivity index (χ1n) is 5.71. The summed E-state index contributed by atoms with van der Waals surface area (Å²) in [7, 11) is 0. The van der Waals surface area contributed by atoms with Gasteiger partial charge in [-0.3, -0.25) is 4.79 Å². The van der Waals surface area contributed by atoms with E-state index in [1.54, 1.807) is 0 Å². The quantitative estimate of drug-likeness (QED) is 0.845. The molecule has 2 rings (SSSR count). The highest BCUT2D eigenvalue weighted by Crippen LogP contribution is 2.22. The molecule has 0 bridgehead atoms. The second-order valence-corrected chi connectivity index (χ2v) is 5.15. The first-order valence-corrected chi connectivity index (χ1v) is 5.71. The van der Waals surface area contributed by atoms with E-state index in [-0.39, 0.29) is 11.4 Å². The minimum absolute atomic E-state index is 0.0282. The zero-order valence-corrected chi connectivity index (χ0v) is 10.7. The lowest BCUT2D eigenvalue weighted by Gasteiger charge is -2.22. The van der Waals surface area contributed by atoms with Gasteiger partial charge < -0.3 is 11.1 Å². The Labute approximate surface area is 105 Å². The number of para-hydroxylation sites is 1. The molecule has 0 atom stereocenters. The van der Waals surface area contributed by atoms with E-state index < -0.39 is 5.91 Å². The number of nitrogens with zero attached hydrogens (tertiary/aromatic N) is 2. The molecular formula is C13H16N4O. The highest BCUT2D eigenvalue weighted by atomic mass is 16.1. The number of carbonyl (C=O) groups excluding carboxylic acids is 1.